The third-order valence-electron chi connectivity index (χ3n) is 4.67. The monoisotopic (exact) mass is 351 g/mol. The summed E-state index contributed by atoms with van der Waals surface area (Å²) in [6.07, 6.45) is 1.55. The van der Waals surface area contributed by atoms with Crippen molar-refractivity contribution >= 4 is 0 Å². The van der Waals surface area contributed by atoms with Crippen LogP contribution in [0, 0.1) is 0 Å². The summed E-state index contributed by atoms with van der Waals surface area (Å²) in [5.74, 6) is 1.12. The molecule has 0 atom stereocenters. The second-order valence-corrected chi connectivity index (χ2v) is 6.31. The maximum atomic E-state index is 12.7. The number of hydrogen-bond donors (Lipinski definition) is 2. The van der Waals surface area contributed by atoms with Crippen molar-refractivity contribution in [1.82, 2.24) is 25.2 Å². The molecule has 7 heteroatoms. The summed E-state index contributed by atoms with van der Waals surface area (Å²) in [5, 5.41) is 4.25. The molecule has 1 aliphatic rings. The first-order chi connectivity index (χ1) is 12.8. The van der Waals surface area contributed by atoms with Crippen molar-refractivity contribution in [2.45, 2.75) is 12.5 Å². The van der Waals surface area contributed by atoms with Crippen LogP contribution in [-0.2, 0) is 6.54 Å². The van der Waals surface area contributed by atoms with Gasteiger partial charge in [-0.3, -0.25) is 10.9 Å². The lowest BCUT2D eigenvalue weighted by Gasteiger charge is -2.14. The van der Waals surface area contributed by atoms with Crippen molar-refractivity contribution in [2.75, 3.05) is 20.2 Å². The molecule has 2 N–H and O–H groups in total. The van der Waals surface area contributed by atoms with Gasteiger partial charge in [0.05, 0.1) is 19.3 Å². The summed E-state index contributed by atoms with van der Waals surface area (Å²) >= 11 is 0. The van der Waals surface area contributed by atoms with Crippen molar-refractivity contribution in [1.29, 1.82) is 0 Å². The first-order valence-corrected chi connectivity index (χ1v) is 8.58. The van der Waals surface area contributed by atoms with E-state index >= 15 is 0 Å². The third kappa shape index (κ3) is 3.14. The second-order valence-electron chi connectivity index (χ2n) is 6.31. The largest absolute Gasteiger partial charge is 0.496 e. The summed E-state index contributed by atoms with van der Waals surface area (Å²) in [4.78, 5) is 12.7. The van der Waals surface area contributed by atoms with E-state index in [0.29, 0.717) is 12.5 Å². The fraction of sp³-hybridized carbons (Fsp3) is 0.263. The van der Waals surface area contributed by atoms with Crippen LogP contribution in [0.25, 0.3) is 5.69 Å². The molecule has 0 bridgehead atoms. The Morgan fingerprint density at radius 1 is 1.15 bits per heavy atom. The molecule has 134 valence electrons. The van der Waals surface area contributed by atoms with Crippen LogP contribution in [0.1, 0.15) is 17.0 Å². The number of ether oxygens (including phenoxy) is 1. The van der Waals surface area contributed by atoms with Gasteiger partial charge in [0.2, 0.25) is 0 Å². The minimum atomic E-state index is -0.173. The Hall–Kier alpha value is -2.90. The molecule has 1 fully saturated rings. The van der Waals surface area contributed by atoms with Gasteiger partial charge in [0.15, 0.2) is 0 Å². The first kappa shape index (κ1) is 16.6. The molecule has 1 aromatic heterocycles. The van der Waals surface area contributed by atoms with E-state index in [1.54, 1.807) is 18.0 Å². The topological polar surface area (TPSA) is 73.1 Å². The lowest BCUT2D eigenvalue weighted by atomic mass is 9.99. The minimum Gasteiger partial charge on any atom is -0.496 e. The fourth-order valence-corrected chi connectivity index (χ4v) is 3.25. The Kier molecular flexibility index (Phi) is 4.55. The summed E-state index contributed by atoms with van der Waals surface area (Å²) in [6, 6.07) is 15.7. The van der Waals surface area contributed by atoms with Gasteiger partial charge in [-0.1, -0.05) is 36.4 Å². The number of hydrogen-bond acceptors (Lipinski definition) is 5. The molecule has 4 rings (SSSR count). The first-order valence-electron chi connectivity index (χ1n) is 8.58. The SMILES string of the molecule is COc1cc(-n2cnn(Cc3ccccc3)c2=O)ccc1C1CNNC1. The highest BCUT2D eigenvalue weighted by Gasteiger charge is 2.21. The lowest BCUT2D eigenvalue weighted by Crippen LogP contribution is -2.24. The van der Waals surface area contributed by atoms with Gasteiger partial charge in [0.1, 0.15) is 12.1 Å². The standard InChI is InChI=1S/C19H21N5O2/c1-26-18-9-16(7-8-17(18)15-10-20-21-11-15)23-13-22-24(19(23)25)12-14-5-3-2-4-6-14/h2-9,13,15,20-21H,10-12H2,1H3. The molecule has 1 aliphatic heterocycles. The minimum absolute atomic E-state index is 0.173. The molecule has 0 unspecified atom stereocenters. The number of benzene rings is 2. The highest BCUT2D eigenvalue weighted by molar-refractivity contribution is 5.46. The van der Waals surface area contributed by atoms with Gasteiger partial charge in [-0.2, -0.15) is 5.10 Å². The molecule has 0 radical (unpaired) electrons. The molecule has 0 spiro atoms. The predicted molar refractivity (Wildman–Crippen MR) is 98.7 cm³/mol. The predicted octanol–water partition coefficient (Wildman–Crippen LogP) is 1.28. The van der Waals surface area contributed by atoms with Crippen molar-refractivity contribution in [3.63, 3.8) is 0 Å². The van der Waals surface area contributed by atoms with Gasteiger partial charge in [-0.25, -0.2) is 14.0 Å². The normalized spacial score (nSPS) is 14.7. The van der Waals surface area contributed by atoms with E-state index in [-0.39, 0.29) is 5.69 Å². The molecule has 0 saturated carbocycles. The maximum Gasteiger partial charge on any atom is 0.350 e. The number of nitrogens with zero attached hydrogens (tertiary/aromatic N) is 3. The molecule has 7 nitrogen and oxygen atoms in total. The van der Waals surface area contributed by atoms with E-state index in [1.165, 1.54) is 4.68 Å². The number of rotatable bonds is 5. The van der Waals surface area contributed by atoms with Crippen molar-refractivity contribution in [2.24, 2.45) is 0 Å². The van der Waals surface area contributed by atoms with E-state index in [2.05, 4.69) is 16.0 Å². The Balaban J connectivity index is 1.64. The van der Waals surface area contributed by atoms with E-state index in [4.69, 9.17) is 4.74 Å². The van der Waals surface area contributed by atoms with Gasteiger partial charge in [-0.15, -0.1) is 0 Å². The van der Waals surface area contributed by atoms with Gasteiger partial charge < -0.3 is 4.74 Å². The van der Waals surface area contributed by atoms with Crippen LogP contribution in [0.15, 0.2) is 59.7 Å². The van der Waals surface area contributed by atoms with Gasteiger partial charge in [0, 0.05) is 25.1 Å². The number of aromatic nitrogens is 3. The highest BCUT2D eigenvalue weighted by Crippen LogP contribution is 2.29. The quantitative estimate of drug-likeness (QED) is 0.725. The molecule has 0 aliphatic carbocycles. The van der Waals surface area contributed by atoms with E-state index in [1.807, 2.05) is 48.5 Å². The Morgan fingerprint density at radius 2 is 1.92 bits per heavy atom. The van der Waals surface area contributed by atoms with E-state index in [0.717, 1.165) is 35.7 Å². The molecule has 1 saturated heterocycles. The fourth-order valence-electron chi connectivity index (χ4n) is 3.25. The summed E-state index contributed by atoms with van der Waals surface area (Å²) in [5.41, 5.74) is 8.99. The molecule has 26 heavy (non-hydrogen) atoms. The molecule has 0 amide bonds. The zero-order chi connectivity index (χ0) is 17.9. The Morgan fingerprint density at radius 3 is 2.65 bits per heavy atom. The number of methoxy groups -OCH3 is 1. The van der Waals surface area contributed by atoms with Crippen molar-refractivity contribution < 1.29 is 4.74 Å². The maximum absolute atomic E-state index is 12.7. The molecule has 2 aromatic carbocycles. The smallest absolute Gasteiger partial charge is 0.350 e. The van der Waals surface area contributed by atoms with Crippen molar-refractivity contribution in [3.05, 3.63) is 76.5 Å². The molecular weight excluding hydrogens is 330 g/mol. The van der Waals surface area contributed by atoms with Gasteiger partial charge in [-0.05, 0) is 17.2 Å². The van der Waals surface area contributed by atoms with Crippen LogP contribution in [0.2, 0.25) is 0 Å². The van der Waals surface area contributed by atoms with Crippen LogP contribution in [0.4, 0.5) is 0 Å². The van der Waals surface area contributed by atoms with Crippen molar-refractivity contribution in [3.8, 4) is 11.4 Å². The van der Waals surface area contributed by atoms with Crippen LogP contribution in [0.3, 0.4) is 0 Å². The second kappa shape index (κ2) is 7.15. The van der Waals surface area contributed by atoms with E-state index in [9.17, 15) is 4.79 Å². The molecule has 2 heterocycles. The lowest BCUT2D eigenvalue weighted by molar-refractivity contribution is 0.407. The number of hydrazine groups is 1. The highest BCUT2D eigenvalue weighted by atomic mass is 16.5. The van der Waals surface area contributed by atoms with Gasteiger partial charge >= 0.3 is 5.69 Å². The summed E-state index contributed by atoms with van der Waals surface area (Å²) < 4.78 is 8.56. The van der Waals surface area contributed by atoms with Crippen LogP contribution >= 0.6 is 0 Å². The Labute approximate surface area is 151 Å². The average molecular weight is 351 g/mol. The third-order valence-corrected chi connectivity index (χ3v) is 4.67. The van der Waals surface area contributed by atoms with Gasteiger partial charge in [0.25, 0.3) is 0 Å². The zero-order valence-electron chi connectivity index (χ0n) is 14.6. The molecular formula is C19H21N5O2. The van der Waals surface area contributed by atoms with Crippen LogP contribution < -0.4 is 21.3 Å². The zero-order valence-corrected chi connectivity index (χ0v) is 14.6. The van der Waals surface area contributed by atoms with E-state index < -0.39 is 0 Å². The van der Waals surface area contributed by atoms with Crippen LogP contribution in [0.5, 0.6) is 5.75 Å². The molecule has 3 aromatic rings. The average Bonchev–Trinajstić information content (AvgIpc) is 3.33. The number of nitrogens with one attached hydrogen (secondary N) is 2. The Bertz CT molecular complexity index is 942. The summed E-state index contributed by atoms with van der Waals surface area (Å²) in [7, 11) is 1.65. The van der Waals surface area contributed by atoms with Crippen LogP contribution in [-0.4, -0.2) is 34.5 Å². The summed E-state index contributed by atoms with van der Waals surface area (Å²) in [6.45, 7) is 2.15.